The van der Waals surface area contributed by atoms with Crippen molar-refractivity contribution in [2.45, 2.75) is 46.1 Å². The SMILES string of the molecule is CCCN1c2cc(OC)c(/C=N/NC(=O)Cc3cccc(OC)c3)cc2C(C)=CC1(C)C. The zero-order valence-corrected chi connectivity index (χ0v) is 19.9. The number of hydrogen-bond acceptors (Lipinski definition) is 5. The molecule has 3 rings (SSSR count). The predicted molar refractivity (Wildman–Crippen MR) is 131 cm³/mol. The first kappa shape index (κ1) is 23.4. The molecule has 0 aromatic heterocycles. The molecule has 32 heavy (non-hydrogen) atoms. The minimum absolute atomic E-state index is 0.0677. The van der Waals surface area contributed by atoms with E-state index in [0.717, 1.165) is 46.8 Å². The van der Waals surface area contributed by atoms with Crippen LogP contribution in [0.5, 0.6) is 11.5 Å². The number of carbonyl (C=O) groups is 1. The van der Waals surface area contributed by atoms with E-state index < -0.39 is 0 Å². The molecule has 0 saturated carbocycles. The minimum atomic E-state index is -0.196. The highest BCUT2D eigenvalue weighted by Crippen LogP contribution is 2.41. The number of fused-ring (bicyclic) bond motifs is 1. The van der Waals surface area contributed by atoms with Gasteiger partial charge in [0.1, 0.15) is 11.5 Å². The maximum atomic E-state index is 12.3. The van der Waals surface area contributed by atoms with E-state index in [9.17, 15) is 4.79 Å². The van der Waals surface area contributed by atoms with Crippen LogP contribution in [0.1, 0.15) is 50.8 Å². The zero-order chi connectivity index (χ0) is 23.3. The van der Waals surface area contributed by atoms with Crippen LogP contribution in [0.15, 0.2) is 47.6 Å². The molecule has 1 amide bonds. The lowest BCUT2D eigenvalue weighted by molar-refractivity contribution is -0.120. The van der Waals surface area contributed by atoms with E-state index in [1.54, 1.807) is 20.4 Å². The van der Waals surface area contributed by atoms with Gasteiger partial charge in [0.15, 0.2) is 0 Å². The van der Waals surface area contributed by atoms with Crippen LogP contribution in [0.25, 0.3) is 5.57 Å². The van der Waals surface area contributed by atoms with E-state index in [0.29, 0.717) is 0 Å². The van der Waals surface area contributed by atoms with Crippen LogP contribution >= 0.6 is 0 Å². The van der Waals surface area contributed by atoms with Gasteiger partial charge in [0, 0.05) is 29.4 Å². The number of hydrazone groups is 1. The van der Waals surface area contributed by atoms with E-state index in [2.05, 4.69) is 61.3 Å². The van der Waals surface area contributed by atoms with Crippen LogP contribution in [0.4, 0.5) is 5.69 Å². The fourth-order valence-electron chi connectivity index (χ4n) is 4.21. The lowest BCUT2D eigenvalue weighted by Crippen LogP contribution is -2.45. The van der Waals surface area contributed by atoms with Crippen LogP contribution in [0, 0.1) is 0 Å². The van der Waals surface area contributed by atoms with E-state index in [-0.39, 0.29) is 17.9 Å². The molecule has 0 fully saturated rings. The van der Waals surface area contributed by atoms with E-state index >= 15 is 0 Å². The number of methoxy groups -OCH3 is 2. The average Bonchev–Trinajstić information content (AvgIpc) is 2.76. The van der Waals surface area contributed by atoms with Crippen molar-refractivity contribution in [3.05, 3.63) is 59.2 Å². The lowest BCUT2D eigenvalue weighted by Gasteiger charge is -2.43. The number of benzene rings is 2. The summed E-state index contributed by atoms with van der Waals surface area (Å²) in [5, 5.41) is 4.18. The Kier molecular flexibility index (Phi) is 7.23. The van der Waals surface area contributed by atoms with Gasteiger partial charge in [-0.3, -0.25) is 4.79 Å². The first-order valence-electron chi connectivity index (χ1n) is 10.9. The first-order chi connectivity index (χ1) is 15.3. The van der Waals surface area contributed by atoms with Crippen molar-refractivity contribution >= 4 is 23.4 Å². The Morgan fingerprint density at radius 1 is 1.19 bits per heavy atom. The predicted octanol–water partition coefficient (Wildman–Crippen LogP) is 4.81. The number of anilines is 1. The molecule has 0 saturated heterocycles. The molecule has 0 aliphatic carbocycles. The molecule has 6 nitrogen and oxygen atoms in total. The van der Waals surface area contributed by atoms with Crippen molar-refractivity contribution in [2.24, 2.45) is 5.10 Å². The number of hydrogen-bond donors (Lipinski definition) is 1. The Hall–Kier alpha value is -3.28. The summed E-state index contributed by atoms with van der Waals surface area (Å²) >= 11 is 0. The second-order valence-electron chi connectivity index (χ2n) is 8.57. The number of nitrogens with one attached hydrogen (secondary N) is 1. The van der Waals surface area contributed by atoms with Crippen molar-refractivity contribution in [3.63, 3.8) is 0 Å². The van der Waals surface area contributed by atoms with Gasteiger partial charge in [-0.2, -0.15) is 5.10 Å². The molecule has 2 aromatic rings. The maximum Gasteiger partial charge on any atom is 0.244 e. The number of rotatable bonds is 8. The summed E-state index contributed by atoms with van der Waals surface area (Å²) in [6, 6.07) is 11.6. The smallest absolute Gasteiger partial charge is 0.244 e. The molecule has 1 aliphatic heterocycles. The molecule has 170 valence electrons. The molecular weight excluding hydrogens is 402 g/mol. The summed E-state index contributed by atoms with van der Waals surface area (Å²) in [5.74, 6) is 1.25. The van der Waals surface area contributed by atoms with Gasteiger partial charge in [-0.1, -0.05) is 25.1 Å². The number of allylic oxidation sites excluding steroid dienone is 1. The highest BCUT2D eigenvalue weighted by Gasteiger charge is 2.31. The van der Waals surface area contributed by atoms with Crippen molar-refractivity contribution in [3.8, 4) is 11.5 Å². The molecule has 0 radical (unpaired) electrons. The molecule has 0 spiro atoms. The van der Waals surface area contributed by atoms with Gasteiger partial charge >= 0.3 is 0 Å². The van der Waals surface area contributed by atoms with Crippen LogP contribution in [-0.4, -0.2) is 38.4 Å². The summed E-state index contributed by atoms with van der Waals surface area (Å²) in [6.45, 7) is 9.74. The quantitative estimate of drug-likeness (QED) is 0.477. The van der Waals surface area contributed by atoms with Gasteiger partial charge in [0.05, 0.1) is 32.4 Å². The van der Waals surface area contributed by atoms with Gasteiger partial charge in [0.25, 0.3) is 0 Å². The van der Waals surface area contributed by atoms with Crippen molar-refractivity contribution in [1.82, 2.24) is 5.43 Å². The molecular formula is C26H33N3O3. The number of carbonyl (C=O) groups excluding carboxylic acids is 1. The fraction of sp³-hybridized carbons (Fsp3) is 0.385. The lowest BCUT2D eigenvalue weighted by atomic mass is 9.87. The van der Waals surface area contributed by atoms with Gasteiger partial charge in [-0.05, 0) is 56.5 Å². The Morgan fingerprint density at radius 2 is 1.97 bits per heavy atom. The van der Waals surface area contributed by atoms with Crippen LogP contribution < -0.4 is 19.8 Å². The van der Waals surface area contributed by atoms with Crippen molar-refractivity contribution in [2.75, 3.05) is 25.7 Å². The van der Waals surface area contributed by atoms with E-state index in [1.807, 2.05) is 24.3 Å². The monoisotopic (exact) mass is 435 g/mol. The summed E-state index contributed by atoms with van der Waals surface area (Å²) in [4.78, 5) is 14.7. The van der Waals surface area contributed by atoms with Gasteiger partial charge in [-0.15, -0.1) is 0 Å². The third-order valence-corrected chi connectivity index (χ3v) is 5.67. The Morgan fingerprint density at radius 3 is 2.66 bits per heavy atom. The molecule has 1 heterocycles. The second kappa shape index (κ2) is 9.90. The number of amides is 1. The summed E-state index contributed by atoms with van der Waals surface area (Å²) in [7, 11) is 3.26. The molecule has 0 atom stereocenters. The average molecular weight is 436 g/mol. The van der Waals surface area contributed by atoms with Crippen LogP contribution in [0.3, 0.4) is 0 Å². The third kappa shape index (κ3) is 5.13. The molecule has 1 aliphatic rings. The topological polar surface area (TPSA) is 63.2 Å². The molecule has 2 aromatic carbocycles. The highest BCUT2D eigenvalue weighted by molar-refractivity contribution is 5.91. The summed E-state index contributed by atoms with van der Waals surface area (Å²) < 4.78 is 10.9. The molecule has 0 bridgehead atoms. The second-order valence-corrected chi connectivity index (χ2v) is 8.57. The third-order valence-electron chi connectivity index (χ3n) is 5.67. The zero-order valence-electron chi connectivity index (χ0n) is 19.9. The summed E-state index contributed by atoms with van der Waals surface area (Å²) in [6.07, 6.45) is 5.22. The first-order valence-corrected chi connectivity index (χ1v) is 10.9. The summed E-state index contributed by atoms with van der Waals surface area (Å²) in [5.41, 5.74) is 7.76. The van der Waals surface area contributed by atoms with Crippen molar-refractivity contribution in [1.29, 1.82) is 0 Å². The molecule has 1 N–H and O–H groups in total. The van der Waals surface area contributed by atoms with Crippen LogP contribution in [-0.2, 0) is 11.2 Å². The normalized spacial score (nSPS) is 14.7. The minimum Gasteiger partial charge on any atom is -0.497 e. The van der Waals surface area contributed by atoms with E-state index in [4.69, 9.17) is 9.47 Å². The number of nitrogens with zero attached hydrogens (tertiary/aromatic N) is 2. The molecule has 6 heteroatoms. The van der Waals surface area contributed by atoms with E-state index in [1.165, 1.54) is 5.57 Å². The van der Waals surface area contributed by atoms with Gasteiger partial charge < -0.3 is 14.4 Å². The largest absolute Gasteiger partial charge is 0.497 e. The van der Waals surface area contributed by atoms with Crippen molar-refractivity contribution < 1.29 is 14.3 Å². The Labute approximate surface area is 190 Å². The van der Waals surface area contributed by atoms with Gasteiger partial charge in [0.2, 0.25) is 5.91 Å². The maximum absolute atomic E-state index is 12.3. The van der Waals surface area contributed by atoms with Gasteiger partial charge in [-0.25, -0.2) is 5.43 Å². The number of ether oxygens (including phenoxy) is 2. The fourth-order valence-corrected chi connectivity index (χ4v) is 4.21. The standard InChI is InChI=1S/C26H33N3O3/c1-7-11-29-23-15-24(32-6)20(14-22(23)18(2)16-26(29,3)4)17-27-28-25(30)13-19-9-8-10-21(12-19)31-5/h8-10,12,14-17H,7,11,13H2,1-6H3,(H,28,30)/b27-17+. The Balaban J connectivity index is 1.80. The van der Waals surface area contributed by atoms with Crippen LogP contribution in [0.2, 0.25) is 0 Å². The highest BCUT2D eigenvalue weighted by atomic mass is 16.5. The Bertz CT molecular complexity index is 1040. The molecule has 0 unspecified atom stereocenters.